The van der Waals surface area contributed by atoms with Gasteiger partial charge in [-0.05, 0) is 38.3 Å². The molecule has 0 aromatic rings. The van der Waals surface area contributed by atoms with Crippen LogP contribution in [-0.2, 0) is 0 Å². The third-order valence-electron chi connectivity index (χ3n) is 3.83. The van der Waals surface area contributed by atoms with Crippen LogP contribution in [0.25, 0.3) is 0 Å². The molecule has 0 radical (unpaired) electrons. The van der Waals surface area contributed by atoms with Crippen molar-refractivity contribution in [3.63, 3.8) is 0 Å². The molecule has 0 aliphatic carbocycles. The first kappa shape index (κ1) is 22.8. The topological polar surface area (TPSA) is 39.7 Å². The molecule has 1 aliphatic heterocycles. The average molecular weight is 450 g/mol. The lowest BCUT2D eigenvalue weighted by atomic mass is 10.0. The quantitative estimate of drug-likeness (QED) is 0.356. The zero-order valence-electron chi connectivity index (χ0n) is 14.2. The summed E-state index contributed by atoms with van der Waals surface area (Å²) in [4.78, 5) is 6.46. The van der Waals surface area contributed by atoms with E-state index >= 15 is 0 Å². The highest BCUT2D eigenvalue weighted by molar-refractivity contribution is 14.0. The molecule has 4 nitrogen and oxygen atoms in total. The Hall–Kier alpha value is -0.250. The largest absolute Gasteiger partial charge is 0.390 e. The van der Waals surface area contributed by atoms with Crippen molar-refractivity contribution in [2.24, 2.45) is 10.9 Å². The molecule has 1 aliphatic rings. The Morgan fingerprint density at radius 2 is 1.78 bits per heavy atom. The highest BCUT2D eigenvalue weighted by Crippen LogP contribution is 2.18. The molecule has 1 saturated heterocycles. The van der Waals surface area contributed by atoms with E-state index in [0.717, 1.165) is 19.5 Å². The first-order valence-corrected chi connectivity index (χ1v) is 8.07. The Labute approximate surface area is 154 Å². The van der Waals surface area contributed by atoms with Gasteiger partial charge in [0, 0.05) is 26.2 Å². The van der Waals surface area contributed by atoms with Gasteiger partial charge in [0.25, 0.3) is 0 Å². The van der Waals surface area contributed by atoms with Gasteiger partial charge in [-0.25, -0.2) is 0 Å². The summed E-state index contributed by atoms with van der Waals surface area (Å²) in [6.45, 7) is 7.17. The Morgan fingerprint density at radius 1 is 1.17 bits per heavy atom. The van der Waals surface area contributed by atoms with Crippen molar-refractivity contribution in [3.05, 3.63) is 0 Å². The van der Waals surface area contributed by atoms with Crippen molar-refractivity contribution in [1.82, 2.24) is 15.5 Å². The van der Waals surface area contributed by atoms with E-state index in [2.05, 4.69) is 34.4 Å². The SMILES string of the molecule is CN=C(NCCC(F)(F)F)NCC(CC(C)C)N1CCCC1.I. The first-order valence-electron chi connectivity index (χ1n) is 8.07. The molecule has 0 spiro atoms. The molecular weight excluding hydrogens is 420 g/mol. The maximum Gasteiger partial charge on any atom is 0.390 e. The van der Waals surface area contributed by atoms with Gasteiger partial charge in [-0.3, -0.25) is 9.89 Å². The number of hydrogen-bond donors (Lipinski definition) is 2. The van der Waals surface area contributed by atoms with Gasteiger partial charge < -0.3 is 10.6 Å². The van der Waals surface area contributed by atoms with E-state index in [9.17, 15) is 13.2 Å². The van der Waals surface area contributed by atoms with Crippen molar-refractivity contribution in [2.45, 2.75) is 51.7 Å². The van der Waals surface area contributed by atoms with E-state index in [4.69, 9.17) is 0 Å². The molecule has 0 saturated carbocycles. The standard InChI is InChI=1S/C15H29F3N4.HI/c1-12(2)10-13(22-8-4-5-9-22)11-21-14(19-3)20-7-6-15(16,17)18;/h12-13H,4-11H2,1-3H3,(H2,19,20,21);1H. The van der Waals surface area contributed by atoms with E-state index in [0.29, 0.717) is 24.5 Å². The third kappa shape index (κ3) is 10.3. The van der Waals surface area contributed by atoms with Crippen LogP contribution in [0.3, 0.4) is 0 Å². The van der Waals surface area contributed by atoms with E-state index in [1.54, 1.807) is 7.05 Å². The lowest BCUT2D eigenvalue weighted by Gasteiger charge is -2.29. The molecule has 1 atom stereocenters. The third-order valence-corrected chi connectivity index (χ3v) is 3.83. The molecule has 1 heterocycles. The number of hydrogen-bond acceptors (Lipinski definition) is 2. The Kier molecular flexibility index (Phi) is 11.2. The minimum Gasteiger partial charge on any atom is -0.356 e. The molecule has 0 aromatic heterocycles. The highest BCUT2D eigenvalue weighted by Gasteiger charge is 2.26. The molecular formula is C15H30F3IN4. The molecule has 0 aromatic carbocycles. The van der Waals surface area contributed by atoms with Crippen LogP contribution in [0.2, 0.25) is 0 Å². The zero-order chi connectivity index (χ0) is 16.6. The molecule has 23 heavy (non-hydrogen) atoms. The molecule has 2 N–H and O–H groups in total. The maximum atomic E-state index is 12.2. The molecule has 1 fully saturated rings. The Bertz CT molecular complexity index is 342. The Balaban J connectivity index is 0.00000484. The second kappa shape index (κ2) is 11.3. The summed E-state index contributed by atoms with van der Waals surface area (Å²) < 4.78 is 36.5. The minimum atomic E-state index is -4.14. The van der Waals surface area contributed by atoms with E-state index < -0.39 is 12.6 Å². The number of halogens is 4. The van der Waals surface area contributed by atoms with Crippen LogP contribution < -0.4 is 10.6 Å². The highest BCUT2D eigenvalue weighted by atomic mass is 127. The number of rotatable bonds is 7. The monoisotopic (exact) mass is 450 g/mol. The van der Waals surface area contributed by atoms with Gasteiger partial charge in [0.15, 0.2) is 5.96 Å². The number of likely N-dealkylation sites (tertiary alicyclic amines) is 1. The van der Waals surface area contributed by atoms with E-state index in [1.807, 2.05) is 0 Å². The Morgan fingerprint density at radius 3 is 2.26 bits per heavy atom. The molecule has 0 bridgehead atoms. The van der Waals surface area contributed by atoms with Gasteiger partial charge in [0.05, 0.1) is 6.42 Å². The van der Waals surface area contributed by atoms with Crippen LogP contribution in [0, 0.1) is 5.92 Å². The number of guanidine groups is 1. The van der Waals surface area contributed by atoms with Crippen LogP contribution in [0.4, 0.5) is 13.2 Å². The summed E-state index contributed by atoms with van der Waals surface area (Å²) in [6, 6.07) is 0.406. The first-order chi connectivity index (χ1) is 10.3. The van der Waals surface area contributed by atoms with Crippen LogP contribution in [-0.4, -0.2) is 56.3 Å². The smallest absolute Gasteiger partial charge is 0.356 e. The van der Waals surface area contributed by atoms with Crippen LogP contribution in [0.1, 0.15) is 39.5 Å². The number of aliphatic imine (C=N–C) groups is 1. The number of nitrogens with zero attached hydrogens (tertiary/aromatic N) is 2. The predicted octanol–water partition coefficient (Wildman–Crippen LogP) is 3.23. The average Bonchev–Trinajstić information content (AvgIpc) is 2.93. The van der Waals surface area contributed by atoms with Crippen LogP contribution >= 0.6 is 24.0 Å². The predicted molar refractivity (Wildman–Crippen MR) is 99.5 cm³/mol. The second-order valence-electron chi connectivity index (χ2n) is 6.27. The fourth-order valence-electron chi connectivity index (χ4n) is 2.77. The molecule has 138 valence electrons. The molecule has 1 unspecified atom stereocenters. The summed E-state index contributed by atoms with van der Waals surface area (Å²) in [6.07, 6.45) is -1.45. The normalized spacial score (nSPS) is 18.0. The van der Waals surface area contributed by atoms with Crippen LogP contribution in [0.15, 0.2) is 4.99 Å². The molecule has 0 amide bonds. The lowest BCUT2D eigenvalue weighted by Crippen LogP contribution is -2.47. The van der Waals surface area contributed by atoms with E-state index in [-0.39, 0.29) is 30.5 Å². The summed E-state index contributed by atoms with van der Waals surface area (Å²) in [7, 11) is 1.58. The van der Waals surface area contributed by atoms with Crippen molar-refractivity contribution in [1.29, 1.82) is 0 Å². The zero-order valence-corrected chi connectivity index (χ0v) is 16.6. The molecule has 8 heteroatoms. The minimum absolute atomic E-state index is 0. The summed E-state index contributed by atoms with van der Waals surface area (Å²) in [5.74, 6) is 1.03. The summed E-state index contributed by atoms with van der Waals surface area (Å²) >= 11 is 0. The number of nitrogens with one attached hydrogen (secondary N) is 2. The van der Waals surface area contributed by atoms with Gasteiger partial charge in [0.2, 0.25) is 0 Å². The van der Waals surface area contributed by atoms with Crippen molar-refractivity contribution >= 4 is 29.9 Å². The van der Waals surface area contributed by atoms with Gasteiger partial charge in [0.1, 0.15) is 0 Å². The van der Waals surface area contributed by atoms with E-state index in [1.165, 1.54) is 12.8 Å². The van der Waals surface area contributed by atoms with Crippen LogP contribution in [0.5, 0.6) is 0 Å². The van der Waals surface area contributed by atoms with Gasteiger partial charge in [-0.1, -0.05) is 13.8 Å². The van der Waals surface area contributed by atoms with Gasteiger partial charge in [-0.15, -0.1) is 24.0 Å². The fraction of sp³-hybridized carbons (Fsp3) is 0.933. The molecule has 1 rings (SSSR count). The van der Waals surface area contributed by atoms with Crippen molar-refractivity contribution in [2.75, 3.05) is 33.2 Å². The van der Waals surface area contributed by atoms with Gasteiger partial charge >= 0.3 is 6.18 Å². The second-order valence-corrected chi connectivity index (χ2v) is 6.27. The summed E-state index contributed by atoms with van der Waals surface area (Å²) in [5.41, 5.74) is 0. The maximum absolute atomic E-state index is 12.2. The van der Waals surface area contributed by atoms with Crippen molar-refractivity contribution < 1.29 is 13.2 Å². The lowest BCUT2D eigenvalue weighted by molar-refractivity contribution is -0.132. The fourth-order valence-corrected chi connectivity index (χ4v) is 2.77. The van der Waals surface area contributed by atoms with Crippen molar-refractivity contribution in [3.8, 4) is 0 Å². The number of alkyl halides is 3. The van der Waals surface area contributed by atoms with Gasteiger partial charge in [-0.2, -0.15) is 13.2 Å². The summed E-state index contributed by atoms with van der Waals surface area (Å²) in [5, 5.41) is 5.89.